The molecule has 4 nitrogen and oxygen atoms in total. The number of para-hydroxylation sites is 1. The molecule has 1 unspecified atom stereocenters. The first-order valence-corrected chi connectivity index (χ1v) is 7.67. The number of anilines is 1. The van der Waals surface area contributed by atoms with Crippen molar-refractivity contribution in [2.45, 2.75) is 25.9 Å². The van der Waals surface area contributed by atoms with Crippen molar-refractivity contribution in [3.05, 3.63) is 66.6 Å². The van der Waals surface area contributed by atoms with Crippen LogP contribution < -0.4 is 4.90 Å². The zero-order valence-corrected chi connectivity index (χ0v) is 12.8. The number of benzene rings is 1. The van der Waals surface area contributed by atoms with Gasteiger partial charge in [0.15, 0.2) is 0 Å². The first-order chi connectivity index (χ1) is 10.8. The van der Waals surface area contributed by atoms with Crippen molar-refractivity contribution in [3.8, 4) is 0 Å². The van der Waals surface area contributed by atoms with E-state index in [-0.39, 0.29) is 12.6 Å². The van der Waals surface area contributed by atoms with Crippen molar-refractivity contribution in [2.24, 2.45) is 0 Å². The summed E-state index contributed by atoms with van der Waals surface area (Å²) >= 11 is 0. The number of imidazole rings is 1. The van der Waals surface area contributed by atoms with Crippen LogP contribution in [0.5, 0.6) is 0 Å². The zero-order chi connectivity index (χ0) is 15.4. The molecule has 3 rings (SSSR count). The number of aliphatic hydroxyl groups excluding tert-OH is 1. The molecule has 0 aliphatic carbocycles. The molecule has 0 amide bonds. The zero-order valence-electron chi connectivity index (χ0n) is 12.8. The molecule has 4 heteroatoms. The lowest BCUT2D eigenvalue weighted by Crippen LogP contribution is -2.37. The van der Waals surface area contributed by atoms with Crippen LogP contribution in [-0.4, -0.2) is 27.1 Å². The van der Waals surface area contributed by atoms with Gasteiger partial charge in [0.05, 0.1) is 24.9 Å². The Hall–Kier alpha value is -2.33. The minimum Gasteiger partial charge on any atom is -0.394 e. The molecule has 0 radical (unpaired) electrons. The van der Waals surface area contributed by atoms with Crippen LogP contribution in [-0.2, 0) is 6.54 Å². The van der Waals surface area contributed by atoms with Crippen LogP contribution >= 0.6 is 0 Å². The number of aliphatic hydroxyl groups is 1. The number of hydrogen-bond acceptors (Lipinski definition) is 3. The fourth-order valence-corrected chi connectivity index (χ4v) is 2.74. The highest BCUT2D eigenvalue weighted by molar-refractivity contribution is 5.48. The van der Waals surface area contributed by atoms with Gasteiger partial charge < -0.3 is 14.4 Å². The van der Waals surface area contributed by atoms with Gasteiger partial charge in [-0.05, 0) is 30.7 Å². The fraction of sp³-hybridized carbons (Fsp3) is 0.278. The molecule has 0 spiro atoms. The Bertz CT molecular complexity index is 686. The largest absolute Gasteiger partial charge is 0.394 e. The van der Waals surface area contributed by atoms with Crippen LogP contribution in [0, 0.1) is 0 Å². The minimum atomic E-state index is 0.0900. The summed E-state index contributed by atoms with van der Waals surface area (Å²) in [6.45, 7) is 2.92. The van der Waals surface area contributed by atoms with E-state index in [4.69, 9.17) is 0 Å². The van der Waals surface area contributed by atoms with Crippen LogP contribution in [0.1, 0.15) is 19.0 Å². The van der Waals surface area contributed by atoms with Gasteiger partial charge in [0.25, 0.3) is 0 Å². The summed E-state index contributed by atoms with van der Waals surface area (Å²) < 4.78 is 2.03. The van der Waals surface area contributed by atoms with Gasteiger partial charge in [0.2, 0.25) is 0 Å². The SMILES string of the molecule is CCC(CO)N(Cc1cn2ccccc2n1)c1ccccc1. The molecule has 0 aliphatic heterocycles. The molecule has 0 aliphatic rings. The van der Waals surface area contributed by atoms with Gasteiger partial charge in [-0.25, -0.2) is 4.98 Å². The molecule has 1 aromatic carbocycles. The van der Waals surface area contributed by atoms with E-state index in [2.05, 4.69) is 35.1 Å². The van der Waals surface area contributed by atoms with Gasteiger partial charge in [-0.1, -0.05) is 31.2 Å². The van der Waals surface area contributed by atoms with Crippen LogP contribution in [0.25, 0.3) is 5.65 Å². The Morgan fingerprint density at radius 1 is 1.14 bits per heavy atom. The number of nitrogens with zero attached hydrogens (tertiary/aromatic N) is 3. The number of hydrogen-bond donors (Lipinski definition) is 1. The maximum absolute atomic E-state index is 9.71. The van der Waals surface area contributed by atoms with Crippen molar-refractivity contribution >= 4 is 11.3 Å². The Kier molecular flexibility index (Phi) is 4.39. The number of fused-ring (bicyclic) bond motifs is 1. The third-order valence-corrected chi connectivity index (χ3v) is 3.96. The van der Waals surface area contributed by atoms with E-state index >= 15 is 0 Å². The monoisotopic (exact) mass is 295 g/mol. The standard InChI is InChI=1S/C18H21N3O/c1-2-16(14-22)21(17-8-4-3-5-9-17)13-15-12-20-11-7-6-10-18(20)19-15/h3-12,16,22H,2,13-14H2,1H3. The first-order valence-electron chi connectivity index (χ1n) is 7.67. The Balaban J connectivity index is 1.92. The summed E-state index contributed by atoms with van der Waals surface area (Å²) in [7, 11) is 0. The Labute approximate surface area is 130 Å². The molecule has 22 heavy (non-hydrogen) atoms. The van der Waals surface area contributed by atoms with E-state index in [1.807, 2.05) is 47.0 Å². The van der Waals surface area contributed by atoms with Gasteiger partial charge >= 0.3 is 0 Å². The average molecular weight is 295 g/mol. The highest BCUT2D eigenvalue weighted by Crippen LogP contribution is 2.21. The smallest absolute Gasteiger partial charge is 0.137 e. The van der Waals surface area contributed by atoms with Gasteiger partial charge in [-0.3, -0.25) is 0 Å². The van der Waals surface area contributed by atoms with Crippen LogP contribution in [0.15, 0.2) is 60.9 Å². The van der Waals surface area contributed by atoms with Gasteiger partial charge in [-0.2, -0.15) is 0 Å². The van der Waals surface area contributed by atoms with E-state index in [1.54, 1.807) is 0 Å². The summed E-state index contributed by atoms with van der Waals surface area (Å²) in [6.07, 6.45) is 4.94. The summed E-state index contributed by atoms with van der Waals surface area (Å²) in [5.74, 6) is 0. The molecule has 2 aromatic heterocycles. The van der Waals surface area contributed by atoms with Crippen LogP contribution in [0.3, 0.4) is 0 Å². The van der Waals surface area contributed by atoms with E-state index in [0.717, 1.165) is 23.4 Å². The lowest BCUT2D eigenvalue weighted by Gasteiger charge is -2.31. The maximum atomic E-state index is 9.71. The highest BCUT2D eigenvalue weighted by Gasteiger charge is 2.18. The summed E-state index contributed by atoms with van der Waals surface area (Å²) in [6, 6.07) is 16.3. The predicted molar refractivity (Wildman–Crippen MR) is 89.0 cm³/mol. The van der Waals surface area contributed by atoms with Gasteiger partial charge in [-0.15, -0.1) is 0 Å². The third-order valence-electron chi connectivity index (χ3n) is 3.96. The number of aromatic nitrogens is 2. The first kappa shape index (κ1) is 14.6. The van der Waals surface area contributed by atoms with Crippen LogP contribution in [0.4, 0.5) is 5.69 Å². The van der Waals surface area contributed by atoms with Crippen molar-refractivity contribution in [2.75, 3.05) is 11.5 Å². The second-order valence-corrected chi connectivity index (χ2v) is 5.41. The lowest BCUT2D eigenvalue weighted by atomic mass is 10.1. The molecular formula is C18H21N3O. The summed E-state index contributed by atoms with van der Waals surface area (Å²) in [5.41, 5.74) is 3.06. The molecule has 0 saturated heterocycles. The van der Waals surface area contributed by atoms with Crippen molar-refractivity contribution < 1.29 is 5.11 Å². The second-order valence-electron chi connectivity index (χ2n) is 5.41. The number of rotatable bonds is 6. The normalized spacial score (nSPS) is 12.5. The summed E-state index contributed by atoms with van der Waals surface area (Å²) in [5, 5.41) is 9.71. The van der Waals surface area contributed by atoms with Gasteiger partial charge in [0.1, 0.15) is 5.65 Å². The maximum Gasteiger partial charge on any atom is 0.137 e. The molecule has 3 aromatic rings. The minimum absolute atomic E-state index is 0.0900. The molecule has 114 valence electrons. The molecule has 0 saturated carbocycles. The van der Waals surface area contributed by atoms with Crippen LogP contribution in [0.2, 0.25) is 0 Å². The van der Waals surface area contributed by atoms with Crippen molar-refractivity contribution in [1.82, 2.24) is 9.38 Å². The fourth-order valence-electron chi connectivity index (χ4n) is 2.74. The van der Waals surface area contributed by atoms with E-state index < -0.39 is 0 Å². The topological polar surface area (TPSA) is 40.8 Å². The molecule has 1 atom stereocenters. The predicted octanol–water partition coefficient (Wildman–Crippen LogP) is 3.11. The third kappa shape index (κ3) is 2.97. The second kappa shape index (κ2) is 6.62. The molecule has 0 bridgehead atoms. The van der Waals surface area contributed by atoms with E-state index in [9.17, 15) is 5.11 Å². The lowest BCUT2D eigenvalue weighted by molar-refractivity contribution is 0.255. The van der Waals surface area contributed by atoms with Crippen molar-refractivity contribution in [1.29, 1.82) is 0 Å². The Morgan fingerprint density at radius 3 is 2.59 bits per heavy atom. The molecular weight excluding hydrogens is 274 g/mol. The quantitative estimate of drug-likeness (QED) is 0.759. The summed E-state index contributed by atoms with van der Waals surface area (Å²) in [4.78, 5) is 6.89. The Morgan fingerprint density at radius 2 is 1.91 bits per heavy atom. The van der Waals surface area contributed by atoms with Crippen molar-refractivity contribution in [3.63, 3.8) is 0 Å². The average Bonchev–Trinajstić information content (AvgIpc) is 2.98. The molecule has 0 fully saturated rings. The highest BCUT2D eigenvalue weighted by atomic mass is 16.3. The molecule has 1 N–H and O–H groups in total. The van der Waals surface area contributed by atoms with E-state index in [0.29, 0.717) is 6.54 Å². The van der Waals surface area contributed by atoms with Gasteiger partial charge in [0, 0.05) is 18.1 Å². The van der Waals surface area contributed by atoms with E-state index in [1.165, 1.54) is 0 Å². The molecule has 2 heterocycles. The number of pyridine rings is 1.